The number of nitrogens with two attached hydrogens (primary N) is 2. The van der Waals surface area contributed by atoms with Gasteiger partial charge in [0, 0.05) is 36.1 Å². The number of hydrogen-bond acceptors (Lipinski definition) is 4. The van der Waals surface area contributed by atoms with Gasteiger partial charge < -0.3 is 21.7 Å². The van der Waals surface area contributed by atoms with Crippen molar-refractivity contribution in [2.45, 2.75) is 32.2 Å². The van der Waals surface area contributed by atoms with Gasteiger partial charge in [-0.05, 0) is 44.0 Å². The minimum atomic E-state index is -0.0852. The van der Waals surface area contributed by atoms with E-state index in [0.29, 0.717) is 16.9 Å². The molecule has 0 saturated carbocycles. The fraction of sp³-hybridized carbons (Fsp3) is 0.533. The summed E-state index contributed by atoms with van der Waals surface area (Å²) in [5.41, 5.74) is 13.0. The molecule has 0 atom stereocenters. The van der Waals surface area contributed by atoms with Crippen LogP contribution in [0, 0.1) is 0 Å². The molecule has 5 N–H and O–H groups in total. The zero-order valence-corrected chi connectivity index (χ0v) is 12.1. The molecule has 0 spiro atoms. The van der Waals surface area contributed by atoms with Crippen LogP contribution in [0.3, 0.4) is 0 Å². The van der Waals surface area contributed by atoms with E-state index in [9.17, 15) is 4.79 Å². The molecule has 1 amide bonds. The van der Waals surface area contributed by atoms with Gasteiger partial charge in [-0.15, -0.1) is 0 Å². The third kappa shape index (κ3) is 3.87. The second-order valence-corrected chi connectivity index (χ2v) is 5.48. The zero-order valence-electron chi connectivity index (χ0n) is 12.1. The molecule has 5 nitrogen and oxygen atoms in total. The Morgan fingerprint density at radius 2 is 1.85 bits per heavy atom. The van der Waals surface area contributed by atoms with Crippen molar-refractivity contribution in [1.82, 2.24) is 10.2 Å². The first-order valence-corrected chi connectivity index (χ1v) is 7.27. The molecule has 0 bridgehead atoms. The summed E-state index contributed by atoms with van der Waals surface area (Å²) in [4.78, 5) is 14.6. The Hall–Kier alpha value is -1.75. The highest BCUT2D eigenvalue weighted by Gasteiger charge is 2.20. The van der Waals surface area contributed by atoms with Gasteiger partial charge in [-0.25, -0.2) is 0 Å². The Morgan fingerprint density at radius 3 is 2.40 bits per heavy atom. The van der Waals surface area contributed by atoms with Crippen molar-refractivity contribution in [2.24, 2.45) is 0 Å². The number of nitrogen functional groups attached to an aromatic ring is 2. The van der Waals surface area contributed by atoms with E-state index in [1.807, 2.05) is 0 Å². The normalized spacial score (nSPS) is 17.1. The Bertz CT molecular complexity index is 447. The van der Waals surface area contributed by atoms with Gasteiger partial charge in [0.2, 0.25) is 0 Å². The average molecular weight is 276 g/mol. The van der Waals surface area contributed by atoms with Crippen LogP contribution >= 0.6 is 0 Å². The van der Waals surface area contributed by atoms with Crippen molar-refractivity contribution in [2.75, 3.05) is 31.1 Å². The predicted octanol–water partition coefficient (Wildman–Crippen LogP) is 1.46. The van der Waals surface area contributed by atoms with Crippen LogP contribution in [0.2, 0.25) is 0 Å². The van der Waals surface area contributed by atoms with Crippen molar-refractivity contribution in [3.8, 4) is 0 Å². The predicted molar refractivity (Wildman–Crippen MR) is 82.5 cm³/mol. The topological polar surface area (TPSA) is 84.4 Å². The number of rotatable bonds is 4. The van der Waals surface area contributed by atoms with Gasteiger partial charge in [-0.2, -0.15) is 0 Å². The number of anilines is 2. The van der Waals surface area contributed by atoms with Gasteiger partial charge in [0.15, 0.2) is 0 Å². The van der Waals surface area contributed by atoms with E-state index < -0.39 is 0 Å². The van der Waals surface area contributed by atoms with E-state index in [0.717, 1.165) is 32.5 Å². The lowest BCUT2D eigenvalue weighted by atomic mass is 10.0. The molecule has 1 aromatic carbocycles. The number of carbonyl (C=O) groups excluding carboxylic acids is 1. The number of nitrogens with zero attached hydrogens (tertiary/aromatic N) is 1. The van der Waals surface area contributed by atoms with Gasteiger partial charge in [-0.3, -0.25) is 4.79 Å². The van der Waals surface area contributed by atoms with Crippen LogP contribution in [-0.2, 0) is 0 Å². The number of likely N-dealkylation sites (tertiary alicyclic amines) is 1. The Labute approximate surface area is 120 Å². The summed E-state index contributed by atoms with van der Waals surface area (Å²) in [6.45, 7) is 5.44. The number of nitrogens with one attached hydrogen (secondary N) is 1. The Kier molecular flexibility index (Phi) is 4.84. The van der Waals surface area contributed by atoms with Gasteiger partial charge in [0.25, 0.3) is 5.91 Å². The number of carbonyl (C=O) groups is 1. The Morgan fingerprint density at radius 1 is 1.25 bits per heavy atom. The van der Waals surface area contributed by atoms with E-state index in [-0.39, 0.29) is 11.9 Å². The highest BCUT2D eigenvalue weighted by atomic mass is 16.1. The minimum Gasteiger partial charge on any atom is -0.399 e. The van der Waals surface area contributed by atoms with Crippen LogP contribution in [0.25, 0.3) is 0 Å². The summed E-state index contributed by atoms with van der Waals surface area (Å²) >= 11 is 0. The third-order valence-electron chi connectivity index (χ3n) is 3.70. The lowest BCUT2D eigenvalue weighted by Gasteiger charge is -2.32. The van der Waals surface area contributed by atoms with Crippen LogP contribution in [0.5, 0.6) is 0 Å². The molecule has 1 aromatic rings. The fourth-order valence-electron chi connectivity index (χ4n) is 2.69. The van der Waals surface area contributed by atoms with E-state index in [1.165, 1.54) is 6.42 Å². The molecule has 110 valence electrons. The summed E-state index contributed by atoms with van der Waals surface area (Å²) in [6, 6.07) is 5.23. The summed E-state index contributed by atoms with van der Waals surface area (Å²) in [5, 5.41) is 3.08. The molecule has 0 aromatic heterocycles. The standard InChI is InChI=1S/C15H24N4O/c1-2-5-19-6-3-14(4-7-19)18-15(20)11-8-12(16)10-13(17)9-11/h8-10,14H,2-7,16-17H2,1H3,(H,18,20). The Balaban J connectivity index is 1.89. The molecule has 5 heteroatoms. The molecule has 1 aliphatic rings. The van der Waals surface area contributed by atoms with Crippen molar-refractivity contribution in [3.63, 3.8) is 0 Å². The lowest BCUT2D eigenvalue weighted by Crippen LogP contribution is -2.44. The maximum absolute atomic E-state index is 12.2. The highest BCUT2D eigenvalue weighted by molar-refractivity contribution is 5.96. The van der Waals surface area contributed by atoms with Crippen molar-refractivity contribution in [1.29, 1.82) is 0 Å². The number of piperidine rings is 1. The summed E-state index contributed by atoms with van der Waals surface area (Å²) in [6.07, 6.45) is 3.19. The smallest absolute Gasteiger partial charge is 0.251 e. The van der Waals surface area contributed by atoms with Gasteiger partial charge in [0.05, 0.1) is 0 Å². The van der Waals surface area contributed by atoms with Crippen LogP contribution < -0.4 is 16.8 Å². The second kappa shape index (κ2) is 6.61. The van der Waals surface area contributed by atoms with E-state index in [2.05, 4.69) is 17.1 Å². The summed E-state index contributed by atoms with van der Waals surface area (Å²) in [7, 11) is 0. The van der Waals surface area contributed by atoms with E-state index in [4.69, 9.17) is 11.5 Å². The van der Waals surface area contributed by atoms with Gasteiger partial charge in [-0.1, -0.05) is 6.92 Å². The molecule has 1 saturated heterocycles. The van der Waals surface area contributed by atoms with Crippen molar-refractivity contribution < 1.29 is 4.79 Å². The maximum Gasteiger partial charge on any atom is 0.251 e. The molecule has 1 aliphatic heterocycles. The summed E-state index contributed by atoms with van der Waals surface area (Å²) in [5.74, 6) is -0.0852. The molecule has 0 radical (unpaired) electrons. The zero-order chi connectivity index (χ0) is 14.5. The number of benzene rings is 1. The van der Waals surface area contributed by atoms with Crippen molar-refractivity contribution >= 4 is 17.3 Å². The molecular weight excluding hydrogens is 252 g/mol. The fourth-order valence-corrected chi connectivity index (χ4v) is 2.69. The molecule has 2 rings (SSSR count). The third-order valence-corrected chi connectivity index (χ3v) is 3.70. The van der Waals surface area contributed by atoms with Crippen LogP contribution in [0.15, 0.2) is 18.2 Å². The average Bonchev–Trinajstić information content (AvgIpc) is 2.40. The molecule has 1 heterocycles. The van der Waals surface area contributed by atoms with Crippen LogP contribution in [0.4, 0.5) is 11.4 Å². The van der Waals surface area contributed by atoms with E-state index >= 15 is 0 Å². The maximum atomic E-state index is 12.2. The number of amides is 1. The molecule has 0 aliphatic carbocycles. The molecule has 20 heavy (non-hydrogen) atoms. The van der Waals surface area contributed by atoms with E-state index in [1.54, 1.807) is 18.2 Å². The molecule has 1 fully saturated rings. The first kappa shape index (κ1) is 14.7. The van der Waals surface area contributed by atoms with Crippen LogP contribution in [0.1, 0.15) is 36.5 Å². The molecular formula is C15H24N4O. The number of hydrogen-bond donors (Lipinski definition) is 3. The minimum absolute atomic E-state index is 0.0852. The van der Waals surface area contributed by atoms with Crippen molar-refractivity contribution in [3.05, 3.63) is 23.8 Å². The monoisotopic (exact) mass is 276 g/mol. The van der Waals surface area contributed by atoms with Gasteiger partial charge in [0.1, 0.15) is 0 Å². The van der Waals surface area contributed by atoms with Crippen LogP contribution in [-0.4, -0.2) is 36.5 Å². The van der Waals surface area contributed by atoms with Gasteiger partial charge >= 0.3 is 0 Å². The first-order valence-electron chi connectivity index (χ1n) is 7.27. The highest BCUT2D eigenvalue weighted by Crippen LogP contribution is 2.15. The first-order chi connectivity index (χ1) is 9.58. The SMILES string of the molecule is CCCN1CCC(NC(=O)c2cc(N)cc(N)c2)CC1. The summed E-state index contributed by atoms with van der Waals surface area (Å²) < 4.78 is 0. The second-order valence-electron chi connectivity index (χ2n) is 5.48. The largest absolute Gasteiger partial charge is 0.399 e. The quantitative estimate of drug-likeness (QED) is 0.727. The molecule has 0 unspecified atom stereocenters. The lowest BCUT2D eigenvalue weighted by molar-refractivity contribution is 0.0911.